The van der Waals surface area contributed by atoms with E-state index in [0.717, 1.165) is 28.2 Å². The summed E-state index contributed by atoms with van der Waals surface area (Å²) in [7, 11) is 0. The Kier molecular flexibility index (Phi) is 7.58. The molecule has 0 atom stereocenters. The van der Waals surface area contributed by atoms with Gasteiger partial charge >= 0.3 is 0 Å². The molecule has 1 amide bonds. The van der Waals surface area contributed by atoms with Gasteiger partial charge in [0.2, 0.25) is 5.91 Å². The predicted octanol–water partition coefficient (Wildman–Crippen LogP) is 5.92. The molecule has 1 heterocycles. The smallest absolute Gasteiger partial charge is 0.250 e. The lowest BCUT2D eigenvalue weighted by Gasteiger charge is -2.09. The van der Waals surface area contributed by atoms with E-state index in [1.165, 1.54) is 23.9 Å². The number of carbonyl (C=O) groups excluding carboxylic acids is 1. The monoisotopic (exact) mass is 463 g/mol. The first kappa shape index (κ1) is 22.4. The van der Waals surface area contributed by atoms with Crippen molar-refractivity contribution in [3.63, 3.8) is 0 Å². The third-order valence-corrected chi connectivity index (χ3v) is 6.16. The van der Waals surface area contributed by atoms with Crippen molar-refractivity contribution in [3.05, 3.63) is 86.9 Å². The zero-order valence-corrected chi connectivity index (χ0v) is 18.8. The highest BCUT2D eigenvalue weighted by molar-refractivity contribution is 7.99. The molecule has 3 aromatic rings. The zero-order chi connectivity index (χ0) is 21.7. The molecule has 1 N–H and O–H groups in total. The van der Waals surface area contributed by atoms with Crippen LogP contribution in [-0.4, -0.2) is 22.4 Å². The Bertz CT molecular complexity index is 1060. The van der Waals surface area contributed by atoms with Gasteiger partial charge in [0.05, 0.1) is 12.0 Å². The van der Waals surface area contributed by atoms with Gasteiger partial charge in [-0.1, -0.05) is 29.3 Å². The molecule has 0 spiro atoms. The predicted molar refractivity (Wildman–Crippen MR) is 124 cm³/mol. The number of hydrogen-bond donors (Lipinski definition) is 1. The second kappa shape index (κ2) is 10.2. The maximum atomic E-state index is 13.2. The average Bonchev–Trinajstić information content (AvgIpc) is 2.98. The maximum Gasteiger partial charge on any atom is 0.250 e. The highest BCUT2D eigenvalue weighted by Crippen LogP contribution is 2.28. The van der Waals surface area contributed by atoms with Gasteiger partial charge in [-0.25, -0.2) is 9.82 Å². The molecule has 0 aliphatic rings. The van der Waals surface area contributed by atoms with Crippen LogP contribution in [0.25, 0.3) is 5.69 Å². The summed E-state index contributed by atoms with van der Waals surface area (Å²) in [5.41, 5.74) is 7.01. The van der Waals surface area contributed by atoms with Gasteiger partial charge in [-0.3, -0.25) is 4.79 Å². The molecular formula is C22H20Cl2FN3OS. The number of aromatic nitrogens is 1. The summed E-state index contributed by atoms with van der Waals surface area (Å²) in [6, 6.07) is 13.6. The van der Waals surface area contributed by atoms with Crippen LogP contribution in [0.15, 0.2) is 53.6 Å². The van der Waals surface area contributed by atoms with E-state index in [4.69, 9.17) is 23.2 Å². The van der Waals surface area contributed by atoms with Crippen LogP contribution in [0.1, 0.15) is 22.5 Å². The van der Waals surface area contributed by atoms with E-state index in [1.54, 1.807) is 36.5 Å². The Morgan fingerprint density at radius 2 is 1.83 bits per heavy atom. The third kappa shape index (κ3) is 5.45. The molecule has 2 aromatic carbocycles. The van der Waals surface area contributed by atoms with E-state index in [-0.39, 0.29) is 17.5 Å². The van der Waals surface area contributed by atoms with Crippen molar-refractivity contribution in [2.45, 2.75) is 19.6 Å². The summed E-state index contributed by atoms with van der Waals surface area (Å²) in [5, 5.41) is 5.24. The second-order valence-electron chi connectivity index (χ2n) is 6.62. The van der Waals surface area contributed by atoms with Crippen molar-refractivity contribution >= 4 is 47.1 Å². The van der Waals surface area contributed by atoms with E-state index in [9.17, 15) is 9.18 Å². The molecule has 0 aliphatic carbocycles. The molecule has 30 heavy (non-hydrogen) atoms. The van der Waals surface area contributed by atoms with Crippen LogP contribution in [0.5, 0.6) is 0 Å². The number of carbonyl (C=O) groups is 1. The number of aryl methyl sites for hydroxylation is 1. The quantitative estimate of drug-likeness (QED) is 0.348. The van der Waals surface area contributed by atoms with Gasteiger partial charge in [-0.15, -0.1) is 11.8 Å². The minimum absolute atomic E-state index is 0.216. The van der Waals surface area contributed by atoms with E-state index in [1.807, 2.05) is 24.5 Å². The molecule has 4 nitrogen and oxygen atoms in total. The summed E-state index contributed by atoms with van der Waals surface area (Å²) in [6.07, 6.45) is 1.61. The fourth-order valence-electron chi connectivity index (χ4n) is 3.03. The highest BCUT2D eigenvalue weighted by atomic mass is 35.5. The van der Waals surface area contributed by atoms with Crippen molar-refractivity contribution < 1.29 is 9.18 Å². The zero-order valence-electron chi connectivity index (χ0n) is 16.5. The lowest BCUT2D eigenvalue weighted by atomic mass is 10.2. The van der Waals surface area contributed by atoms with Crippen LogP contribution in [-0.2, 0) is 10.5 Å². The standard InChI is InChI=1S/C22H20Cl2FN3OS/c1-14-10-16(15(2)28(14)18-8-6-17(25)7-9-18)11-26-27-22(29)13-30-12-19-20(23)4-3-5-21(19)24/h3-11H,12-13H2,1-2H3,(H,27,29)/b26-11-. The Morgan fingerprint density at radius 1 is 1.17 bits per heavy atom. The second-order valence-corrected chi connectivity index (χ2v) is 8.42. The fourth-order valence-corrected chi connectivity index (χ4v) is 4.58. The van der Waals surface area contributed by atoms with Crippen molar-refractivity contribution in [3.8, 4) is 5.69 Å². The summed E-state index contributed by atoms with van der Waals surface area (Å²) >= 11 is 13.7. The largest absolute Gasteiger partial charge is 0.318 e. The van der Waals surface area contributed by atoms with Crippen molar-refractivity contribution in [2.24, 2.45) is 5.10 Å². The van der Waals surface area contributed by atoms with Gasteiger partial charge in [0.1, 0.15) is 5.82 Å². The molecule has 3 rings (SSSR count). The molecule has 1 aromatic heterocycles. The van der Waals surface area contributed by atoms with Crippen LogP contribution >= 0.6 is 35.0 Å². The molecule has 0 fully saturated rings. The number of nitrogens with zero attached hydrogens (tertiary/aromatic N) is 2. The number of hydrogen-bond acceptors (Lipinski definition) is 3. The number of nitrogens with one attached hydrogen (secondary N) is 1. The molecule has 0 radical (unpaired) electrons. The summed E-state index contributed by atoms with van der Waals surface area (Å²) < 4.78 is 15.2. The van der Waals surface area contributed by atoms with Gasteiger partial charge in [0, 0.05) is 38.4 Å². The van der Waals surface area contributed by atoms with Gasteiger partial charge in [-0.05, 0) is 61.9 Å². The minimum atomic E-state index is -0.277. The van der Waals surface area contributed by atoms with Crippen LogP contribution in [0.3, 0.4) is 0 Å². The van der Waals surface area contributed by atoms with Gasteiger partial charge in [0.25, 0.3) is 0 Å². The first-order valence-electron chi connectivity index (χ1n) is 9.14. The Morgan fingerprint density at radius 3 is 2.50 bits per heavy atom. The highest BCUT2D eigenvalue weighted by Gasteiger charge is 2.10. The maximum absolute atomic E-state index is 13.2. The SMILES string of the molecule is Cc1cc(/C=N\NC(=O)CSCc2c(Cl)cccc2Cl)c(C)n1-c1ccc(F)cc1. The summed E-state index contributed by atoms with van der Waals surface area (Å²) in [5.74, 6) is 0.272. The van der Waals surface area contributed by atoms with E-state index in [0.29, 0.717) is 15.8 Å². The molecule has 0 saturated heterocycles. The van der Waals surface area contributed by atoms with Gasteiger partial charge in [-0.2, -0.15) is 5.10 Å². The Hall–Kier alpha value is -2.28. The molecule has 0 saturated carbocycles. The molecule has 0 bridgehead atoms. The molecule has 156 valence electrons. The first-order valence-corrected chi connectivity index (χ1v) is 11.1. The van der Waals surface area contributed by atoms with Gasteiger partial charge in [0.15, 0.2) is 0 Å². The van der Waals surface area contributed by atoms with Crippen LogP contribution in [0, 0.1) is 19.7 Å². The Labute approximate surface area is 189 Å². The lowest BCUT2D eigenvalue weighted by molar-refractivity contribution is -0.118. The molecule has 8 heteroatoms. The molecule has 0 aliphatic heterocycles. The summed E-state index contributed by atoms with van der Waals surface area (Å²) in [6.45, 7) is 3.91. The van der Waals surface area contributed by atoms with E-state index >= 15 is 0 Å². The third-order valence-electron chi connectivity index (χ3n) is 4.49. The normalized spacial score (nSPS) is 11.2. The average molecular weight is 464 g/mol. The lowest BCUT2D eigenvalue weighted by Crippen LogP contribution is -2.19. The number of benzene rings is 2. The molecule has 0 unspecified atom stereocenters. The van der Waals surface area contributed by atoms with Gasteiger partial charge < -0.3 is 4.57 Å². The van der Waals surface area contributed by atoms with Crippen molar-refractivity contribution in [1.29, 1.82) is 0 Å². The van der Waals surface area contributed by atoms with Crippen molar-refractivity contribution in [2.75, 3.05) is 5.75 Å². The van der Waals surface area contributed by atoms with Crippen molar-refractivity contribution in [1.82, 2.24) is 9.99 Å². The number of halogens is 3. The number of rotatable bonds is 7. The fraction of sp³-hybridized carbons (Fsp3) is 0.182. The molecular weight excluding hydrogens is 444 g/mol. The van der Waals surface area contributed by atoms with Crippen LogP contribution in [0.4, 0.5) is 4.39 Å². The minimum Gasteiger partial charge on any atom is -0.318 e. The number of hydrazone groups is 1. The van der Waals surface area contributed by atoms with Crippen LogP contribution in [0.2, 0.25) is 10.0 Å². The Balaban J connectivity index is 1.57. The van der Waals surface area contributed by atoms with E-state index in [2.05, 4.69) is 10.5 Å². The first-order chi connectivity index (χ1) is 14.4. The van der Waals surface area contributed by atoms with Crippen LogP contribution < -0.4 is 5.43 Å². The van der Waals surface area contributed by atoms with E-state index < -0.39 is 0 Å². The number of thioether (sulfide) groups is 1. The topological polar surface area (TPSA) is 46.4 Å². The summed E-state index contributed by atoms with van der Waals surface area (Å²) in [4.78, 5) is 12.1. The number of amides is 1.